The second kappa shape index (κ2) is 14.7. The molecule has 0 amide bonds. The number of unbranched alkanes of at least 4 members (excludes halogenated alkanes) is 6. The van der Waals surface area contributed by atoms with Crippen molar-refractivity contribution in [3.05, 3.63) is 104 Å². The van der Waals surface area contributed by atoms with Gasteiger partial charge in [0.05, 0.1) is 20.5 Å². The molecule has 3 aromatic carbocycles. The van der Waals surface area contributed by atoms with Crippen LogP contribution in [0.5, 0.6) is 0 Å². The van der Waals surface area contributed by atoms with Crippen LogP contribution < -0.4 is 0 Å². The van der Waals surface area contributed by atoms with Gasteiger partial charge in [-0.2, -0.15) is 0 Å². The van der Waals surface area contributed by atoms with E-state index in [0.717, 1.165) is 24.0 Å². The van der Waals surface area contributed by atoms with Crippen LogP contribution in [0.1, 0.15) is 108 Å². The molecule has 0 fully saturated rings. The zero-order chi connectivity index (χ0) is 29.3. The highest BCUT2D eigenvalue weighted by molar-refractivity contribution is 7.21. The molecule has 0 spiro atoms. The minimum Gasteiger partial charge on any atom is -0.139 e. The summed E-state index contributed by atoms with van der Waals surface area (Å²) in [6.07, 6.45) is 12.5. The summed E-state index contributed by atoms with van der Waals surface area (Å²) in [6.45, 7) is 8.81. The molecule has 5 aromatic rings. The third-order valence-electron chi connectivity index (χ3n) is 7.88. The molecule has 0 radical (unpaired) electrons. The number of thiophene rings is 2. The average Bonchev–Trinajstić information content (AvgIpc) is 3.61. The molecule has 0 saturated heterocycles. The van der Waals surface area contributed by atoms with E-state index >= 15 is 0 Å². The number of hydrogen-bond acceptors (Lipinski definition) is 2. The zero-order valence-corrected chi connectivity index (χ0v) is 27.3. The molecule has 0 aliphatic rings. The topological polar surface area (TPSA) is 0 Å². The molecule has 0 aliphatic heterocycles. The molecule has 2 aromatic heterocycles. The molecule has 2 heteroatoms. The maximum atomic E-state index is 3.67. The van der Waals surface area contributed by atoms with Gasteiger partial charge in [-0.25, -0.2) is 0 Å². The fourth-order valence-corrected chi connectivity index (χ4v) is 7.80. The molecule has 0 atom stereocenters. The van der Waals surface area contributed by atoms with Gasteiger partial charge in [-0.05, 0) is 75.9 Å². The number of benzene rings is 3. The van der Waals surface area contributed by atoms with E-state index in [4.69, 9.17) is 0 Å². The molecule has 0 bridgehead atoms. The largest absolute Gasteiger partial charge is 0.139 e. The van der Waals surface area contributed by atoms with Gasteiger partial charge in [0.2, 0.25) is 0 Å². The molecular formula is C40H42S2. The van der Waals surface area contributed by atoms with Crippen LogP contribution in [0.15, 0.2) is 60.7 Å². The van der Waals surface area contributed by atoms with Crippen LogP contribution in [0, 0.1) is 37.5 Å². The lowest BCUT2D eigenvalue weighted by molar-refractivity contribution is 0.670. The first kappa shape index (κ1) is 30.2. The van der Waals surface area contributed by atoms with E-state index in [1.54, 1.807) is 0 Å². The molecule has 2 heterocycles. The zero-order valence-electron chi connectivity index (χ0n) is 25.7. The Morgan fingerprint density at radius 1 is 0.500 bits per heavy atom. The standard InChI is InChI=1S/C40H42S2/c1-5-7-9-11-13-33-27-37-35(25-23-31-19-15-29(3)16-20-31)40-38(28-34(42-40)14-12-10-8-6-2)36(39(37)41-33)26-24-32-21-17-30(4)18-22-32/h15-22,27-28H,5-14H2,1-4H3. The molecular weight excluding hydrogens is 545 g/mol. The fourth-order valence-electron chi connectivity index (χ4n) is 5.36. The fraction of sp³-hybridized carbons (Fsp3) is 0.350. The van der Waals surface area contributed by atoms with Crippen LogP contribution in [0.25, 0.3) is 20.2 Å². The Labute approximate surface area is 261 Å². The maximum Gasteiger partial charge on any atom is 0.0522 e. The van der Waals surface area contributed by atoms with Gasteiger partial charge >= 0.3 is 0 Å². The predicted octanol–water partition coefficient (Wildman–Crippen LogP) is 11.8. The Hall–Kier alpha value is -3.30. The van der Waals surface area contributed by atoms with Gasteiger partial charge in [0.25, 0.3) is 0 Å². The number of rotatable bonds is 10. The lowest BCUT2D eigenvalue weighted by Crippen LogP contribution is -1.85. The molecule has 0 unspecified atom stereocenters. The summed E-state index contributed by atoms with van der Waals surface area (Å²) in [4.78, 5) is 2.91. The minimum atomic E-state index is 1.07. The van der Waals surface area contributed by atoms with E-state index in [2.05, 4.69) is 112 Å². The first-order valence-corrected chi connectivity index (χ1v) is 17.4. The van der Waals surface area contributed by atoms with E-state index in [1.807, 2.05) is 22.7 Å². The summed E-state index contributed by atoms with van der Waals surface area (Å²) in [5.41, 5.74) is 7.02. The molecule has 214 valence electrons. The van der Waals surface area contributed by atoms with Crippen molar-refractivity contribution in [1.82, 2.24) is 0 Å². The summed E-state index contributed by atoms with van der Waals surface area (Å²) in [6, 6.07) is 22.0. The Morgan fingerprint density at radius 2 is 0.905 bits per heavy atom. The highest BCUT2D eigenvalue weighted by atomic mass is 32.1. The van der Waals surface area contributed by atoms with E-state index in [0.29, 0.717) is 0 Å². The van der Waals surface area contributed by atoms with Gasteiger partial charge in [0.1, 0.15) is 0 Å². The van der Waals surface area contributed by atoms with E-state index in [-0.39, 0.29) is 0 Å². The smallest absolute Gasteiger partial charge is 0.0522 e. The predicted molar refractivity (Wildman–Crippen MR) is 187 cm³/mol. The normalized spacial score (nSPS) is 11.0. The summed E-state index contributed by atoms with van der Waals surface area (Å²) in [5.74, 6) is 14.4. The number of hydrogen-bond donors (Lipinski definition) is 0. The molecule has 42 heavy (non-hydrogen) atoms. The van der Waals surface area contributed by atoms with Crippen LogP contribution in [0.3, 0.4) is 0 Å². The Morgan fingerprint density at radius 3 is 1.29 bits per heavy atom. The van der Waals surface area contributed by atoms with Crippen LogP contribution in [0.2, 0.25) is 0 Å². The first-order chi connectivity index (χ1) is 20.6. The number of fused-ring (bicyclic) bond motifs is 2. The summed E-state index contributed by atoms with van der Waals surface area (Å²) < 4.78 is 2.60. The van der Waals surface area contributed by atoms with Gasteiger partial charge in [0.15, 0.2) is 0 Å². The maximum absolute atomic E-state index is 3.67. The van der Waals surface area contributed by atoms with Crippen LogP contribution in [0.4, 0.5) is 0 Å². The third-order valence-corrected chi connectivity index (χ3v) is 10.3. The van der Waals surface area contributed by atoms with E-state index in [1.165, 1.54) is 104 Å². The van der Waals surface area contributed by atoms with Crippen LogP contribution in [-0.4, -0.2) is 0 Å². The minimum absolute atomic E-state index is 1.07. The Kier molecular flexibility index (Phi) is 10.6. The summed E-state index contributed by atoms with van der Waals surface area (Å²) in [7, 11) is 0. The van der Waals surface area contributed by atoms with Crippen molar-refractivity contribution < 1.29 is 0 Å². The van der Waals surface area contributed by atoms with Gasteiger partial charge in [-0.3, -0.25) is 0 Å². The van der Waals surface area contributed by atoms with Crippen molar-refractivity contribution in [3.63, 3.8) is 0 Å². The van der Waals surface area contributed by atoms with Crippen LogP contribution >= 0.6 is 22.7 Å². The monoisotopic (exact) mass is 586 g/mol. The Bertz CT molecular complexity index is 1570. The van der Waals surface area contributed by atoms with Crippen molar-refractivity contribution >= 4 is 42.8 Å². The van der Waals surface area contributed by atoms with Crippen molar-refractivity contribution in [2.45, 2.75) is 91.9 Å². The number of aryl methyl sites for hydroxylation is 4. The summed E-state index contributed by atoms with van der Waals surface area (Å²) >= 11 is 3.88. The third kappa shape index (κ3) is 7.55. The quantitative estimate of drug-likeness (QED) is 0.113. The van der Waals surface area contributed by atoms with Crippen LogP contribution in [-0.2, 0) is 12.8 Å². The lowest BCUT2D eigenvalue weighted by atomic mass is 10.0. The molecule has 0 aliphatic carbocycles. The highest BCUT2D eigenvalue weighted by Gasteiger charge is 2.18. The summed E-state index contributed by atoms with van der Waals surface area (Å²) in [5, 5.41) is 2.57. The Balaban J connectivity index is 1.67. The molecule has 0 nitrogen and oxygen atoms in total. The van der Waals surface area contributed by atoms with Gasteiger partial charge in [0, 0.05) is 31.7 Å². The van der Waals surface area contributed by atoms with Crippen molar-refractivity contribution in [2.24, 2.45) is 0 Å². The second-order valence-corrected chi connectivity index (χ2v) is 13.8. The van der Waals surface area contributed by atoms with Gasteiger partial charge < -0.3 is 0 Å². The van der Waals surface area contributed by atoms with E-state index in [9.17, 15) is 0 Å². The average molecular weight is 587 g/mol. The molecule has 5 rings (SSSR count). The van der Waals surface area contributed by atoms with Gasteiger partial charge in [-0.1, -0.05) is 111 Å². The van der Waals surface area contributed by atoms with Gasteiger partial charge in [-0.15, -0.1) is 22.7 Å². The van der Waals surface area contributed by atoms with Crippen molar-refractivity contribution in [1.29, 1.82) is 0 Å². The SMILES string of the molecule is CCCCCCc1cc2c(C#Cc3ccc(C)cc3)c3sc(CCCCCC)cc3c(C#Cc3ccc(C)cc3)c2s1. The van der Waals surface area contributed by atoms with Crippen molar-refractivity contribution in [3.8, 4) is 23.7 Å². The molecule has 0 saturated carbocycles. The first-order valence-electron chi connectivity index (χ1n) is 15.7. The van der Waals surface area contributed by atoms with E-state index < -0.39 is 0 Å². The lowest BCUT2D eigenvalue weighted by Gasteiger charge is -2.03. The second-order valence-electron chi connectivity index (χ2n) is 11.5. The molecule has 0 N–H and O–H groups in total. The highest BCUT2D eigenvalue weighted by Crippen LogP contribution is 2.42. The van der Waals surface area contributed by atoms with Crippen molar-refractivity contribution in [2.75, 3.05) is 0 Å².